The summed E-state index contributed by atoms with van der Waals surface area (Å²) < 4.78 is 1.07. The molecule has 4 nitrogen and oxygen atoms in total. The fourth-order valence-corrected chi connectivity index (χ4v) is 3.66. The van der Waals surface area contributed by atoms with E-state index in [9.17, 15) is 9.59 Å². The van der Waals surface area contributed by atoms with Gasteiger partial charge in [0.15, 0.2) is 0 Å². The third-order valence-electron chi connectivity index (χ3n) is 4.14. The van der Waals surface area contributed by atoms with Crippen LogP contribution >= 0.6 is 22.6 Å². The van der Waals surface area contributed by atoms with E-state index < -0.39 is 6.04 Å². The van der Waals surface area contributed by atoms with Gasteiger partial charge >= 0.3 is 0 Å². The summed E-state index contributed by atoms with van der Waals surface area (Å²) >= 11 is 2.22. The molecule has 1 aromatic carbocycles. The van der Waals surface area contributed by atoms with E-state index in [-0.39, 0.29) is 17.9 Å². The molecular weight excluding hydrogens is 367 g/mol. The number of halogens is 1. The van der Waals surface area contributed by atoms with Crippen molar-refractivity contribution in [3.05, 3.63) is 27.8 Å². The second kappa shape index (κ2) is 5.35. The van der Waals surface area contributed by atoms with Crippen molar-refractivity contribution in [1.29, 1.82) is 0 Å². The van der Waals surface area contributed by atoms with Crippen LogP contribution in [0.15, 0.2) is 24.3 Å². The van der Waals surface area contributed by atoms with Crippen LogP contribution in [0.2, 0.25) is 0 Å². The van der Waals surface area contributed by atoms with Gasteiger partial charge in [0, 0.05) is 15.8 Å². The maximum atomic E-state index is 12.8. The van der Waals surface area contributed by atoms with Crippen LogP contribution in [0.5, 0.6) is 0 Å². The molecule has 2 aliphatic heterocycles. The van der Waals surface area contributed by atoms with Crippen molar-refractivity contribution in [2.75, 3.05) is 11.4 Å². The predicted octanol–water partition coefficient (Wildman–Crippen LogP) is 2.41. The number of anilines is 1. The van der Waals surface area contributed by atoms with Gasteiger partial charge < -0.3 is 4.90 Å². The normalized spacial score (nSPS) is 26.7. The highest BCUT2D eigenvalue weighted by Gasteiger charge is 2.45. The number of hydrogen-bond donors (Lipinski definition) is 0. The van der Waals surface area contributed by atoms with Crippen LogP contribution in [0, 0.1) is 3.57 Å². The van der Waals surface area contributed by atoms with Gasteiger partial charge in [-0.2, -0.15) is 0 Å². The molecule has 1 aromatic rings. The predicted molar refractivity (Wildman–Crippen MR) is 85.5 cm³/mol. The SMILES string of the molecule is CC1C(=O)N2CCCCC2C(=O)N1c1cccc(I)c1. The summed E-state index contributed by atoms with van der Waals surface area (Å²) in [6, 6.07) is 7.11. The molecule has 0 N–H and O–H groups in total. The van der Waals surface area contributed by atoms with E-state index in [4.69, 9.17) is 0 Å². The molecule has 2 fully saturated rings. The largest absolute Gasteiger partial charge is 0.329 e. The van der Waals surface area contributed by atoms with Gasteiger partial charge in [-0.3, -0.25) is 14.5 Å². The zero-order chi connectivity index (χ0) is 14.3. The molecule has 0 aliphatic carbocycles. The Kier molecular flexibility index (Phi) is 3.70. The summed E-state index contributed by atoms with van der Waals surface area (Å²) in [5, 5.41) is 0. The van der Waals surface area contributed by atoms with Crippen molar-refractivity contribution in [2.45, 2.75) is 38.3 Å². The Morgan fingerprint density at radius 1 is 1.20 bits per heavy atom. The van der Waals surface area contributed by atoms with Crippen molar-refractivity contribution in [3.63, 3.8) is 0 Å². The molecule has 2 amide bonds. The minimum absolute atomic E-state index is 0.0683. The highest BCUT2D eigenvalue weighted by Crippen LogP contribution is 2.30. The second-order valence-corrected chi connectivity index (χ2v) is 6.65. The monoisotopic (exact) mass is 384 g/mol. The first-order valence-corrected chi connectivity index (χ1v) is 8.06. The Balaban J connectivity index is 1.98. The fourth-order valence-electron chi connectivity index (χ4n) is 3.13. The van der Waals surface area contributed by atoms with E-state index in [1.54, 1.807) is 9.80 Å². The highest BCUT2D eigenvalue weighted by atomic mass is 127. The van der Waals surface area contributed by atoms with Crippen LogP contribution in [0.25, 0.3) is 0 Å². The van der Waals surface area contributed by atoms with Gasteiger partial charge in [0.25, 0.3) is 5.91 Å². The van der Waals surface area contributed by atoms with Crippen LogP contribution in [0.3, 0.4) is 0 Å². The molecule has 0 aromatic heterocycles. The van der Waals surface area contributed by atoms with Gasteiger partial charge in [-0.25, -0.2) is 0 Å². The molecule has 2 aliphatic rings. The molecule has 5 heteroatoms. The van der Waals surface area contributed by atoms with E-state index >= 15 is 0 Å². The van der Waals surface area contributed by atoms with Gasteiger partial charge in [-0.05, 0) is 67.0 Å². The Hall–Kier alpha value is -1.11. The lowest BCUT2D eigenvalue weighted by Gasteiger charge is -2.46. The highest BCUT2D eigenvalue weighted by molar-refractivity contribution is 14.1. The maximum absolute atomic E-state index is 12.8. The van der Waals surface area contributed by atoms with Crippen molar-refractivity contribution in [2.24, 2.45) is 0 Å². The van der Waals surface area contributed by atoms with E-state index in [2.05, 4.69) is 22.6 Å². The second-order valence-electron chi connectivity index (χ2n) is 5.41. The average molecular weight is 384 g/mol. The number of fused-ring (bicyclic) bond motifs is 1. The number of carbonyl (C=O) groups excluding carboxylic acids is 2. The van der Waals surface area contributed by atoms with E-state index in [1.165, 1.54) is 0 Å². The molecule has 2 unspecified atom stereocenters. The van der Waals surface area contributed by atoms with E-state index in [0.29, 0.717) is 0 Å². The fraction of sp³-hybridized carbons (Fsp3) is 0.467. The molecule has 3 rings (SSSR count). The number of amides is 2. The summed E-state index contributed by atoms with van der Waals surface area (Å²) in [6.45, 7) is 2.55. The lowest BCUT2D eigenvalue weighted by Crippen LogP contribution is -2.65. The number of benzene rings is 1. The number of carbonyl (C=O) groups is 2. The summed E-state index contributed by atoms with van der Waals surface area (Å²) in [5.41, 5.74) is 0.827. The van der Waals surface area contributed by atoms with Crippen LogP contribution in [0.1, 0.15) is 26.2 Å². The first-order chi connectivity index (χ1) is 9.59. The Bertz CT molecular complexity index is 561. The Morgan fingerprint density at radius 2 is 2.00 bits per heavy atom. The third kappa shape index (κ3) is 2.21. The Morgan fingerprint density at radius 3 is 2.75 bits per heavy atom. The minimum atomic E-state index is -0.407. The van der Waals surface area contributed by atoms with Gasteiger partial charge in [0.2, 0.25) is 5.91 Å². The Labute approximate surface area is 132 Å². The summed E-state index contributed by atoms with van der Waals surface area (Å²) in [7, 11) is 0. The third-order valence-corrected chi connectivity index (χ3v) is 4.81. The van der Waals surface area contributed by atoms with Gasteiger partial charge in [-0.1, -0.05) is 6.07 Å². The minimum Gasteiger partial charge on any atom is -0.329 e. The molecule has 20 heavy (non-hydrogen) atoms. The van der Waals surface area contributed by atoms with Gasteiger partial charge in [-0.15, -0.1) is 0 Å². The van der Waals surface area contributed by atoms with E-state index in [1.807, 2.05) is 31.2 Å². The summed E-state index contributed by atoms with van der Waals surface area (Å²) in [5.74, 6) is 0.145. The lowest BCUT2D eigenvalue weighted by molar-refractivity contribution is -0.147. The number of rotatable bonds is 1. The lowest BCUT2D eigenvalue weighted by atomic mass is 9.95. The number of nitrogens with zero attached hydrogens (tertiary/aromatic N) is 2. The van der Waals surface area contributed by atoms with Gasteiger partial charge in [0.05, 0.1) is 0 Å². The van der Waals surface area contributed by atoms with Crippen LogP contribution in [-0.2, 0) is 9.59 Å². The quantitative estimate of drug-likeness (QED) is 0.698. The molecular formula is C15H17IN2O2. The average Bonchev–Trinajstić information content (AvgIpc) is 2.45. The molecule has 106 valence electrons. The van der Waals surface area contributed by atoms with Crippen LogP contribution in [0.4, 0.5) is 5.69 Å². The molecule has 2 saturated heterocycles. The maximum Gasteiger partial charge on any atom is 0.250 e. The molecule has 0 saturated carbocycles. The standard InChI is InChI=1S/C15H17IN2O2/c1-10-14(19)17-8-3-2-7-13(17)15(20)18(10)12-6-4-5-11(16)9-12/h4-6,9-10,13H,2-3,7-8H2,1H3. The number of piperidine rings is 1. The van der Waals surface area contributed by atoms with E-state index in [0.717, 1.165) is 35.1 Å². The van der Waals surface area contributed by atoms with Gasteiger partial charge in [0.1, 0.15) is 12.1 Å². The smallest absolute Gasteiger partial charge is 0.250 e. The number of hydrogen-bond acceptors (Lipinski definition) is 2. The van der Waals surface area contributed by atoms with Crippen molar-refractivity contribution in [3.8, 4) is 0 Å². The van der Waals surface area contributed by atoms with Crippen molar-refractivity contribution >= 4 is 40.1 Å². The van der Waals surface area contributed by atoms with Crippen LogP contribution < -0.4 is 4.90 Å². The molecule has 2 heterocycles. The summed E-state index contributed by atoms with van der Waals surface area (Å²) in [6.07, 6.45) is 2.82. The van der Waals surface area contributed by atoms with Crippen molar-refractivity contribution < 1.29 is 9.59 Å². The zero-order valence-corrected chi connectivity index (χ0v) is 13.5. The molecule has 0 spiro atoms. The van der Waals surface area contributed by atoms with Crippen LogP contribution in [-0.4, -0.2) is 35.3 Å². The first-order valence-electron chi connectivity index (χ1n) is 6.98. The number of piperazine rings is 1. The molecule has 0 bridgehead atoms. The van der Waals surface area contributed by atoms with Crippen molar-refractivity contribution in [1.82, 2.24) is 4.90 Å². The molecule has 2 atom stereocenters. The molecule has 0 radical (unpaired) electrons. The zero-order valence-electron chi connectivity index (χ0n) is 11.4. The topological polar surface area (TPSA) is 40.6 Å². The summed E-state index contributed by atoms with van der Waals surface area (Å²) in [4.78, 5) is 28.7. The first kappa shape index (κ1) is 13.9.